The zero-order valence-corrected chi connectivity index (χ0v) is 34.5. The maximum atomic E-state index is 2.54. The molecule has 0 saturated carbocycles. The van der Waals surface area contributed by atoms with Crippen molar-refractivity contribution in [1.82, 2.24) is 0 Å². The molecule has 2 nitrogen and oxygen atoms in total. The van der Waals surface area contributed by atoms with Crippen LogP contribution in [0.3, 0.4) is 0 Å². The summed E-state index contributed by atoms with van der Waals surface area (Å²) in [6.45, 7) is 9.62. The van der Waals surface area contributed by atoms with E-state index in [1.165, 1.54) is 83.5 Å². The molecule has 2 aliphatic heterocycles. The lowest BCUT2D eigenvalue weighted by molar-refractivity contribution is 0.598. The summed E-state index contributed by atoms with van der Waals surface area (Å²) in [7, 11) is 0. The van der Waals surface area contributed by atoms with E-state index in [0.717, 1.165) is 17.1 Å². The molecule has 0 aliphatic carbocycles. The van der Waals surface area contributed by atoms with E-state index in [9.17, 15) is 0 Å². The predicted molar refractivity (Wildman–Crippen MR) is 254 cm³/mol. The lowest BCUT2D eigenvalue weighted by Crippen LogP contribution is -2.38. The highest BCUT2D eigenvalue weighted by Crippen LogP contribution is 2.61. The number of hydrogen-bond donors (Lipinski definition) is 0. The van der Waals surface area contributed by atoms with Crippen LogP contribution in [0, 0.1) is 0 Å². The molecule has 0 aromatic heterocycles. The SMILES string of the molecule is CC1(C)c2ccccc2N2c3ccccc3C(C)(C)c3cc(-c4cccc5c(N(c6ccc(-c7ccccc7)cc6)c6ccc(-c7ccccc7)cc6)cccc45)cc1c32. The summed E-state index contributed by atoms with van der Waals surface area (Å²) in [5, 5.41) is 2.44. The van der Waals surface area contributed by atoms with Gasteiger partial charge in [-0.15, -0.1) is 0 Å². The Hall–Kier alpha value is -7.16. The van der Waals surface area contributed by atoms with Gasteiger partial charge in [0.2, 0.25) is 0 Å². The lowest BCUT2D eigenvalue weighted by atomic mass is 9.65. The number of hydrogen-bond acceptors (Lipinski definition) is 2. The molecule has 0 atom stereocenters. The summed E-state index contributed by atoms with van der Waals surface area (Å²) in [5.41, 5.74) is 19.6. The Bertz CT molecular complexity index is 2900. The van der Waals surface area contributed by atoms with Crippen LogP contribution < -0.4 is 9.80 Å². The summed E-state index contributed by atoms with van der Waals surface area (Å²) in [5.74, 6) is 0. The van der Waals surface area contributed by atoms with E-state index < -0.39 is 0 Å². The maximum absolute atomic E-state index is 2.54. The van der Waals surface area contributed by atoms with Gasteiger partial charge >= 0.3 is 0 Å². The Labute approximate surface area is 353 Å². The first kappa shape index (κ1) is 36.0. The molecule has 11 rings (SSSR count). The van der Waals surface area contributed by atoms with Gasteiger partial charge in [-0.3, -0.25) is 0 Å². The molecule has 9 aromatic carbocycles. The van der Waals surface area contributed by atoms with Crippen molar-refractivity contribution in [3.63, 3.8) is 0 Å². The molecular formula is C58H46N2. The fraction of sp³-hybridized carbons (Fsp3) is 0.103. The molecule has 0 unspecified atom stereocenters. The van der Waals surface area contributed by atoms with E-state index in [0.29, 0.717) is 0 Å². The molecule has 0 N–H and O–H groups in total. The number of anilines is 6. The third kappa shape index (κ3) is 5.55. The van der Waals surface area contributed by atoms with Crippen molar-refractivity contribution in [2.24, 2.45) is 0 Å². The molecule has 9 aromatic rings. The van der Waals surface area contributed by atoms with Crippen LogP contribution in [0.25, 0.3) is 44.2 Å². The molecule has 0 bridgehead atoms. The van der Waals surface area contributed by atoms with E-state index >= 15 is 0 Å². The molecule has 2 heteroatoms. The molecule has 0 spiro atoms. The first-order valence-corrected chi connectivity index (χ1v) is 21.1. The molecule has 0 saturated heterocycles. The van der Waals surface area contributed by atoms with E-state index in [4.69, 9.17) is 0 Å². The highest BCUT2D eigenvalue weighted by Gasteiger charge is 2.45. The van der Waals surface area contributed by atoms with Gasteiger partial charge in [-0.2, -0.15) is 0 Å². The average Bonchev–Trinajstić information content (AvgIpc) is 3.30. The number of fused-ring (bicyclic) bond motifs is 5. The van der Waals surface area contributed by atoms with Gasteiger partial charge < -0.3 is 9.80 Å². The summed E-state index contributed by atoms with van der Waals surface area (Å²) in [6, 6.07) is 75.9. The van der Waals surface area contributed by atoms with Gasteiger partial charge in [0.05, 0.1) is 22.7 Å². The Morgan fingerprint density at radius 1 is 0.350 bits per heavy atom. The lowest BCUT2D eigenvalue weighted by Gasteiger charge is -2.49. The monoisotopic (exact) mass is 770 g/mol. The second kappa shape index (κ2) is 13.7. The number of benzene rings is 9. The van der Waals surface area contributed by atoms with Crippen LogP contribution in [-0.4, -0.2) is 0 Å². The van der Waals surface area contributed by atoms with E-state index in [1.807, 2.05) is 0 Å². The normalized spacial score (nSPS) is 14.2. The van der Waals surface area contributed by atoms with Crippen molar-refractivity contribution >= 4 is 44.9 Å². The second-order valence-electron chi connectivity index (χ2n) is 17.4. The fourth-order valence-corrected chi connectivity index (χ4v) is 10.1. The van der Waals surface area contributed by atoms with Crippen LogP contribution >= 0.6 is 0 Å². The minimum atomic E-state index is -0.208. The Morgan fingerprint density at radius 3 is 1.30 bits per heavy atom. The molecule has 60 heavy (non-hydrogen) atoms. The maximum Gasteiger partial charge on any atom is 0.0544 e. The highest BCUT2D eigenvalue weighted by molar-refractivity contribution is 6.06. The predicted octanol–water partition coefficient (Wildman–Crippen LogP) is 16.1. The van der Waals surface area contributed by atoms with Crippen molar-refractivity contribution in [3.05, 3.63) is 229 Å². The van der Waals surface area contributed by atoms with Gasteiger partial charge in [0.25, 0.3) is 0 Å². The zero-order valence-electron chi connectivity index (χ0n) is 34.5. The van der Waals surface area contributed by atoms with Crippen molar-refractivity contribution in [2.75, 3.05) is 9.80 Å². The van der Waals surface area contributed by atoms with Crippen molar-refractivity contribution in [2.45, 2.75) is 38.5 Å². The standard InChI is InChI=1S/C58H46N2/c1-57(2)49-24-11-13-26-54(49)60-55-27-14-12-25-50(55)58(3,4)52-38-43(37-51(57)56(52)60)46-21-15-23-48-47(46)22-16-28-53(48)59(44-33-29-41(30-34-44)39-17-7-5-8-18-39)45-35-31-42(32-36-45)40-19-9-6-10-20-40/h5-38H,1-4H3. The molecule has 0 fully saturated rings. The summed E-state index contributed by atoms with van der Waals surface area (Å²) in [6.07, 6.45) is 0. The van der Waals surface area contributed by atoms with Crippen LogP contribution in [-0.2, 0) is 10.8 Å². The first-order chi connectivity index (χ1) is 29.3. The number of para-hydroxylation sites is 2. The summed E-state index contributed by atoms with van der Waals surface area (Å²) in [4.78, 5) is 4.96. The van der Waals surface area contributed by atoms with E-state index in [1.54, 1.807) is 0 Å². The van der Waals surface area contributed by atoms with Gasteiger partial charge in [0, 0.05) is 27.6 Å². The minimum Gasteiger partial charge on any atom is -0.310 e. The zero-order chi connectivity index (χ0) is 40.6. The van der Waals surface area contributed by atoms with Crippen LogP contribution in [0.1, 0.15) is 49.9 Å². The topological polar surface area (TPSA) is 6.48 Å². The van der Waals surface area contributed by atoms with Crippen LogP contribution in [0.2, 0.25) is 0 Å². The Morgan fingerprint density at radius 2 is 0.783 bits per heavy atom. The van der Waals surface area contributed by atoms with Crippen molar-refractivity contribution in [1.29, 1.82) is 0 Å². The van der Waals surface area contributed by atoms with E-state index in [2.05, 4.69) is 244 Å². The van der Waals surface area contributed by atoms with Crippen molar-refractivity contribution in [3.8, 4) is 33.4 Å². The molecule has 2 heterocycles. The van der Waals surface area contributed by atoms with Crippen molar-refractivity contribution < 1.29 is 0 Å². The average molecular weight is 771 g/mol. The number of rotatable bonds is 6. The van der Waals surface area contributed by atoms with E-state index in [-0.39, 0.29) is 10.8 Å². The van der Waals surface area contributed by atoms with Crippen LogP contribution in [0.4, 0.5) is 34.1 Å². The highest BCUT2D eigenvalue weighted by atomic mass is 15.2. The van der Waals surface area contributed by atoms with Gasteiger partial charge in [-0.1, -0.05) is 179 Å². The van der Waals surface area contributed by atoms with Gasteiger partial charge in [-0.25, -0.2) is 0 Å². The molecule has 0 amide bonds. The summed E-state index contributed by atoms with van der Waals surface area (Å²) < 4.78 is 0. The van der Waals surface area contributed by atoms with Gasteiger partial charge in [0.1, 0.15) is 0 Å². The third-order valence-corrected chi connectivity index (χ3v) is 13.2. The Kier molecular flexibility index (Phi) is 8.22. The van der Waals surface area contributed by atoms with Gasteiger partial charge in [-0.05, 0) is 116 Å². The smallest absolute Gasteiger partial charge is 0.0544 e. The first-order valence-electron chi connectivity index (χ1n) is 21.1. The summed E-state index contributed by atoms with van der Waals surface area (Å²) >= 11 is 0. The third-order valence-electron chi connectivity index (χ3n) is 13.2. The molecule has 288 valence electrons. The Balaban J connectivity index is 1.10. The fourth-order valence-electron chi connectivity index (χ4n) is 10.1. The number of nitrogens with zero attached hydrogens (tertiary/aromatic N) is 2. The molecular weight excluding hydrogens is 725 g/mol. The largest absolute Gasteiger partial charge is 0.310 e. The molecule has 0 radical (unpaired) electrons. The minimum absolute atomic E-state index is 0.208. The molecule has 2 aliphatic rings. The second-order valence-corrected chi connectivity index (χ2v) is 17.4. The van der Waals surface area contributed by atoms with Crippen LogP contribution in [0.15, 0.2) is 206 Å². The quantitative estimate of drug-likeness (QED) is 0.166. The van der Waals surface area contributed by atoms with Crippen LogP contribution in [0.5, 0.6) is 0 Å². The van der Waals surface area contributed by atoms with Gasteiger partial charge in [0.15, 0.2) is 0 Å².